The number of para-hydroxylation sites is 2. The Hall–Kier alpha value is -6.10. The van der Waals surface area contributed by atoms with E-state index in [4.69, 9.17) is 4.98 Å². The van der Waals surface area contributed by atoms with Crippen molar-refractivity contribution in [2.24, 2.45) is 0 Å². The Labute approximate surface area is 285 Å². The van der Waals surface area contributed by atoms with Gasteiger partial charge in [-0.05, 0) is 78.2 Å². The van der Waals surface area contributed by atoms with E-state index in [1.54, 1.807) is 0 Å². The number of hydrogen-bond donors (Lipinski definition) is 0. The van der Waals surface area contributed by atoms with E-state index in [1.807, 2.05) is 0 Å². The Morgan fingerprint density at radius 1 is 0.367 bits per heavy atom. The maximum atomic E-state index is 5.39. The second-order valence-electron chi connectivity index (χ2n) is 12.4. The summed E-state index contributed by atoms with van der Waals surface area (Å²) in [6.07, 6.45) is 0. The van der Waals surface area contributed by atoms with Crippen LogP contribution in [0.1, 0.15) is 0 Å². The Morgan fingerprint density at radius 3 is 1.41 bits per heavy atom. The molecule has 0 radical (unpaired) electrons. The molecule has 3 heterocycles. The smallest absolute Gasteiger partial charge is 0.151 e. The van der Waals surface area contributed by atoms with Crippen LogP contribution in [0.4, 0.5) is 0 Å². The lowest BCUT2D eigenvalue weighted by Gasteiger charge is -2.42. The zero-order valence-corrected chi connectivity index (χ0v) is 27.5. The van der Waals surface area contributed by atoms with Crippen molar-refractivity contribution < 1.29 is 0 Å². The molecule has 0 amide bonds. The van der Waals surface area contributed by atoms with Gasteiger partial charge in [0, 0.05) is 41.4 Å². The zero-order chi connectivity index (χ0) is 32.4. The summed E-state index contributed by atoms with van der Waals surface area (Å²) in [7, 11) is -1.79. The zero-order valence-electron chi connectivity index (χ0n) is 26.6. The predicted molar refractivity (Wildman–Crippen MR) is 205 cm³/mol. The number of nitrogens with zero attached hydrogens (tertiary/aromatic N) is 3. The first-order chi connectivity index (χ1) is 24.3. The van der Waals surface area contributed by atoms with Gasteiger partial charge < -0.3 is 0 Å². The minimum absolute atomic E-state index is 0.983. The highest BCUT2D eigenvalue weighted by molar-refractivity contribution is 8.34. The Balaban J connectivity index is 1.28. The van der Waals surface area contributed by atoms with E-state index in [2.05, 4.69) is 197 Å². The van der Waals surface area contributed by atoms with Crippen molar-refractivity contribution in [2.75, 3.05) is 0 Å². The summed E-state index contributed by atoms with van der Waals surface area (Å²) in [5.74, 6) is 0. The molecule has 7 aromatic carbocycles. The molecule has 0 saturated heterocycles. The van der Waals surface area contributed by atoms with Gasteiger partial charge >= 0.3 is 0 Å². The second kappa shape index (κ2) is 11.0. The molecular weight excluding hydrogens is 615 g/mol. The summed E-state index contributed by atoms with van der Waals surface area (Å²) in [5.41, 5.74) is 6.48. The van der Waals surface area contributed by atoms with Gasteiger partial charge in [0.05, 0.1) is 11.0 Å². The third kappa shape index (κ3) is 4.01. The summed E-state index contributed by atoms with van der Waals surface area (Å²) in [6, 6.07) is 68.4. The molecule has 0 fully saturated rings. The Bertz CT molecular complexity index is 2700. The summed E-state index contributed by atoms with van der Waals surface area (Å²) < 4.78 is 4.77. The normalized spacial score (nSPS) is 12.4. The number of benzene rings is 7. The van der Waals surface area contributed by atoms with Gasteiger partial charge in [-0.15, -0.1) is 10.0 Å². The van der Waals surface area contributed by atoms with E-state index in [0.29, 0.717) is 0 Å². The fourth-order valence-electron chi connectivity index (χ4n) is 7.75. The van der Waals surface area contributed by atoms with Gasteiger partial charge in [-0.3, -0.25) is 8.97 Å². The lowest BCUT2D eigenvalue weighted by Crippen LogP contribution is -2.05. The third-order valence-corrected chi connectivity index (χ3v) is 13.7. The van der Waals surface area contributed by atoms with Gasteiger partial charge in [0.2, 0.25) is 0 Å². The molecule has 10 aromatic rings. The van der Waals surface area contributed by atoms with Gasteiger partial charge in [0.25, 0.3) is 0 Å². The lowest BCUT2D eigenvalue weighted by atomic mass is 10.1. The first kappa shape index (κ1) is 28.0. The highest BCUT2D eigenvalue weighted by atomic mass is 32.3. The largest absolute Gasteiger partial charge is 0.294 e. The van der Waals surface area contributed by atoms with Gasteiger partial charge in [0.1, 0.15) is 11.2 Å². The molecule has 3 nitrogen and oxygen atoms in total. The molecule has 0 spiro atoms. The van der Waals surface area contributed by atoms with Crippen molar-refractivity contribution in [2.45, 2.75) is 19.6 Å². The van der Waals surface area contributed by atoms with Gasteiger partial charge in [0.15, 0.2) is 5.65 Å². The molecule has 4 heteroatoms. The number of rotatable bonds is 5. The maximum Gasteiger partial charge on any atom is 0.151 e. The third-order valence-electron chi connectivity index (χ3n) is 9.81. The lowest BCUT2D eigenvalue weighted by molar-refractivity contribution is 1.11. The minimum Gasteiger partial charge on any atom is -0.294 e. The van der Waals surface area contributed by atoms with Crippen molar-refractivity contribution in [3.8, 4) is 5.69 Å². The van der Waals surface area contributed by atoms with Crippen LogP contribution in [0, 0.1) is 0 Å². The van der Waals surface area contributed by atoms with Crippen molar-refractivity contribution in [1.29, 1.82) is 0 Å². The van der Waals surface area contributed by atoms with Crippen LogP contribution in [0.25, 0.3) is 55.1 Å². The molecule has 0 saturated carbocycles. The molecule has 0 aliphatic heterocycles. The summed E-state index contributed by atoms with van der Waals surface area (Å²) in [5, 5.41) is 4.75. The molecule has 10 rings (SSSR count). The van der Waals surface area contributed by atoms with E-state index < -0.39 is 10.0 Å². The monoisotopic (exact) mass is 645 g/mol. The highest BCUT2D eigenvalue weighted by Gasteiger charge is 2.33. The van der Waals surface area contributed by atoms with Crippen LogP contribution in [0.2, 0.25) is 0 Å². The summed E-state index contributed by atoms with van der Waals surface area (Å²) >= 11 is 0. The number of hydrogen-bond acceptors (Lipinski definition) is 1. The molecule has 0 bridgehead atoms. The van der Waals surface area contributed by atoms with Crippen molar-refractivity contribution >= 4 is 59.4 Å². The second-order valence-corrected chi connectivity index (χ2v) is 15.5. The number of fused-ring (bicyclic) bond motifs is 10. The SMILES string of the molecule is c1ccc(S(c2ccccc2)(c2ccccc2)c2ccc(-n3c4ccccc4c4nc5c6ccccc6c6ccccc6n5c43)cc2)cc1. The molecule has 0 unspecified atom stereocenters. The van der Waals surface area contributed by atoms with E-state index in [0.717, 1.165) is 44.3 Å². The Kier molecular flexibility index (Phi) is 6.27. The van der Waals surface area contributed by atoms with Crippen LogP contribution in [-0.2, 0) is 0 Å². The highest BCUT2D eigenvalue weighted by Crippen LogP contribution is 2.73. The number of imidazole rings is 1. The Morgan fingerprint density at radius 2 is 0.816 bits per heavy atom. The standard InChI is InChI=1S/C45H31N3S/c1-4-16-33(17-5-1)49(34-18-6-2-7-19-34,35-20-8-3-9-21-35)36-30-28-32(29-31-36)47-42-27-15-13-25-40(42)43-45(47)48-41-26-14-12-23-38(41)37-22-10-11-24-39(37)44(48)46-43/h1-31H. The molecule has 0 atom stereocenters. The van der Waals surface area contributed by atoms with Crippen LogP contribution in [0.15, 0.2) is 208 Å². The molecule has 0 aliphatic carbocycles. The first-order valence-corrected chi connectivity index (χ1v) is 18.3. The number of pyridine rings is 1. The minimum atomic E-state index is -1.79. The molecule has 232 valence electrons. The fourth-order valence-corrected chi connectivity index (χ4v) is 11.6. The fraction of sp³-hybridized carbons (Fsp3) is 0. The van der Waals surface area contributed by atoms with Crippen LogP contribution in [0.5, 0.6) is 0 Å². The van der Waals surface area contributed by atoms with E-state index >= 15 is 0 Å². The maximum absolute atomic E-state index is 5.39. The van der Waals surface area contributed by atoms with Crippen molar-refractivity contribution in [3.63, 3.8) is 0 Å². The first-order valence-electron chi connectivity index (χ1n) is 16.6. The van der Waals surface area contributed by atoms with Crippen LogP contribution < -0.4 is 0 Å². The van der Waals surface area contributed by atoms with Crippen molar-refractivity contribution in [3.05, 3.63) is 188 Å². The van der Waals surface area contributed by atoms with E-state index in [9.17, 15) is 0 Å². The number of aromatic nitrogens is 3. The summed E-state index contributed by atoms with van der Waals surface area (Å²) in [6.45, 7) is 0. The average Bonchev–Trinajstić information content (AvgIpc) is 3.73. The molecule has 0 aliphatic rings. The van der Waals surface area contributed by atoms with Gasteiger partial charge in [-0.2, -0.15) is 0 Å². The van der Waals surface area contributed by atoms with Crippen LogP contribution >= 0.6 is 10.0 Å². The van der Waals surface area contributed by atoms with E-state index in [-0.39, 0.29) is 0 Å². The quantitative estimate of drug-likeness (QED) is 0.171. The van der Waals surface area contributed by atoms with Gasteiger partial charge in [-0.25, -0.2) is 4.98 Å². The molecule has 49 heavy (non-hydrogen) atoms. The van der Waals surface area contributed by atoms with Crippen molar-refractivity contribution in [1.82, 2.24) is 14.0 Å². The van der Waals surface area contributed by atoms with Gasteiger partial charge in [-0.1, -0.05) is 115 Å². The molecule has 0 N–H and O–H groups in total. The average molecular weight is 646 g/mol. The van der Waals surface area contributed by atoms with E-state index in [1.165, 1.54) is 30.4 Å². The topological polar surface area (TPSA) is 22.2 Å². The van der Waals surface area contributed by atoms with Crippen LogP contribution in [0.3, 0.4) is 0 Å². The molecule has 3 aromatic heterocycles. The molecular formula is C45H31N3S. The van der Waals surface area contributed by atoms with Crippen LogP contribution in [-0.4, -0.2) is 14.0 Å². The predicted octanol–water partition coefficient (Wildman–Crippen LogP) is 12.1. The summed E-state index contributed by atoms with van der Waals surface area (Å²) in [4.78, 5) is 10.6.